The lowest BCUT2D eigenvalue weighted by molar-refractivity contribution is 0.422. The minimum absolute atomic E-state index is 0.518. The van der Waals surface area contributed by atoms with Gasteiger partial charge >= 0.3 is 0 Å². The van der Waals surface area contributed by atoms with Crippen LogP contribution in [-0.4, -0.2) is 26.6 Å². The van der Waals surface area contributed by atoms with E-state index in [0.717, 1.165) is 5.56 Å². The van der Waals surface area contributed by atoms with Crippen LogP contribution in [0.5, 0.6) is 0 Å². The summed E-state index contributed by atoms with van der Waals surface area (Å²) in [5.41, 5.74) is 2.10. The average Bonchev–Trinajstić information content (AvgIpc) is 3.16. The quantitative estimate of drug-likeness (QED) is 0.633. The zero-order valence-corrected chi connectivity index (χ0v) is 13.8. The highest BCUT2D eigenvalue weighted by atomic mass is 32.2. The van der Waals surface area contributed by atoms with Crippen molar-refractivity contribution in [2.24, 2.45) is 0 Å². The number of thioether (sulfide) groups is 2. The van der Waals surface area contributed by atoms with Crippen molar-refractivity contribution in [3.63, 3.8) is 0 Å². The minimum atomic E-state index is 0.518. The molecule has 0 fully saturated rings. The van der Waals surface area contributed by atoms with Gasteiger partial charge in [-0.05, 0) is 25.3 Å². The van der Waals surface area contributed by atoms with Crippen LogP contribution in [0.25, 0.3) is 11.5 Å². The van der Waals surface area contributed by atoms with Crippen LogP contribution in [0.15, 0.2) is 38.4 Å². The van der Waals surface area contributed by atoms with Crippen molar-refractivity contribution in [3.8, 4) is 11.5 Å². The van der Waals surface area contributed by atoms with Crippen LogP contribution in [0.2, 0.25) is 0 Å². The smallest absolute Gasteiger partial charge is 0.277 e. The molecule has 2 heterocycles. The van der Waals surface area contributed by atoms with E-state index < -0.39 is 0 Å². The van der Waals surface area contributed by atoms with E-state index in [2.05, 4.69) is 20.3 Å². The summed E-state index contributed by atoms with van der Waals surface area (Å²) in [6.07, 6.45) is 1.99. The molecule has 0 aliphatic rings. The van der Waals surface area contributed by atoms with E-state index in [0.29, 0.717) is 34.3 Å². The second-order valence-corrected chi connectivity index (χ2v) is 6.36. The van der Waals surface area contributed by atoms with Crippen molar-refractivity contribution in [2.45, 2.75) is 23.7 Å². The van der Waals surface area contributed by atoms with E-state index in [1.54, 1.807) is 11.8 Å². The Bertz CT molecular complexity index is 739. The van der Waals surface area contributed by atoms with Gasteiger partial charge in [0.05, 0.1) is 11.5 Å². The van der Waals surface area contributed by atoms with Gasteiger partial charge in [-0.15, -0.1) is 10.2 Å². The van der Waals surface area contributed by atoms with E-state index in [9.17, 15) is 0 Å². The molecule has 6 nitrogen and oxygen atoms in total. The molecule has 1 aromatic carbocycles. The summed E-state index contributed by atoms with van der Waals surface area (Å²) < 4.78 is 10.8. The van der Waals surface area contributed by atoms with Crippen molar-refractivity contribution >= 4 is 23.5 Å². The lowest BCUT2D eigenvalue weighted by Gasteiger charge is -1.94. The first-order valence-electron chi connectivity index (χ1n) is 6.58. The Morgan fingerprint density at radius 2 is 1.91 bits per heavy atom. The molecule has 3 rings (SSSR count). The maximum Gasteiger partial charge on any atom is 0.277 e. The lowest BCUT2D eigenvalue weighted by Crippen LogP contribution is -1.84. The third-order valence-electron chi connectivity index (χ3n) is 2.81. The number of aromatic nitrogens is 4. The van der Waals surface area contributed by atoms with Crippen LogP contribution < -0.4 is 0 Å². The van der Waals surface area contributed by atoms with Gasteiger partial charge in [0, 0.05) is 5.56 Å². The van der Waals surface area contributed by atoms with Crippen LogP contribution in [0.1, 0.15) is 17.3 Å². The summed E-state index contributed by atoms with van der Waals surface area (Å²) >= 11 is 3.04. The van der Waals surface area contributed by atoms with Gasteiger partial charge < -0.3 is 8.94 Å². The Labute approximate surface area is 136 Å². The van der Waals surface area contributed by atoms with Crippen molar-refractivity contribution < 1.29 is 8.94 Å². The molecule has 0 unspecified atom stereocenters. The van der Waals surface area contributed by atoms with Crippen LogP contribution in [-0.2, 0) is 11.5 Å². The molecule has 0 saturated heterocycles. The van der Waals surface area contributed by atoms with Crippen molar-refractivity contribution in [3.05, 3.63) is 41.5 Å². The molecular weight excluding hydrogens is 320 g/mol. The highest BCUT2D eigenvalue weighted by molar-refractivity contribution is 7.98. The van der Waals surface area contributed by atoms with E-state index in [1.165, 1.54) is 17.3 Å². The summed E-state index contributed by atoms with van der Waals surface area (Å²) in [6, 6.07) is 7.96. The van der Waals surface area contributed by atoms with Gasteiger partial charge in [0.1, 0.15) is 0 Å². The molecule has 0 bridgehead atoms. The monoisotopic (exact) mass is 334 g/mol. The Hall–Kier alpha value is -1.80. The first-order valence-corrected chi connectivity index (χ1v) is 8.96. The molecule has 0 aliphatic heterocycles. The molecule has 0 N–H and O–H groups in total. The standard InChI is InChI=1S/C14H14N4O2S2/c1-9-3-5-10(6-4-9)13-15-11(18-20-13)7-22-14-17-16-12(19-14)8-21-2/h3-6H,7-8H2,1-2H3. The molecule has 0 atom stereocenters. The summed E-state index contributed by atoms with van der Waals surface area (Å²) in [6.45, 7) is 2.04. The average molecular weight is 334 g/mol. The lowest BCUT2D eigenvalue weighted by atomic mass is 10.1. The zero-order chi connectivity index (χ0) is 15.4. The highest BCUT2D eigenvalue weighted by Gasteiger charge is 2.11. The Morgan fingerprint density at radius 3 is 2.68 bits per heavy atom. The highest BCUT2D eigenvalue weighted by Crippen LogP contribution is 2.23. The molecule has 22 heavy (non-hydrogen) atoms. The number of hydrogen-bond donors (Lipinski definition) is 0. The third-order valence-corrected chi connectivity index (χ3v) is 4.16. The molecule has 114 valence electrons. The Kier molecular flexibility index (Phi) is 4.79. The first-order chi connectivity index (χ1) is 10.7. The molecule has 8 heteroatoms. The molecule has 0 spiro atoms. The predicted molar refractivity (Wildman–Crippen MR) is 85.5 cm³/mol. The zero-order valence-electron chi connectivity index (χ0n) is 12.1. The maximum atomic E-state index is 5.48. The maximum absolute atomic E-state index is 5.48. The van der Waals surface area contributed by atoms with Crippen molar-refractivity contribution in [1.29, 1.82) is 0 Å². The molecule has 0 saturated carbocycles. The molecule has 0 amide bonds. The van der Waals surface area contributed by atoms with Gasteiger partial charge in [-0.2, -0.15) is 16.7 Å². The van der Waals surface area contributed by atoms with Crippen molar-refractivity contribution in [1.82, 2.24) is 20.3 Å². The van der Waals surface area contributed by atoms with Crippen LogP contribution in [0.3, 0.4) is 0 Å². The van der Waals surface area contributed by atoms with Crippen LogP contribution in [0, 0.1) is 6.92 Å². The topological polar surface area (TPSA) is 77.8 Å². The number of nitrogens with zero attached hydrogens (tertiary/aromatic N) is 4. The molecule has 0 aliphatic carbocycles. The Morgan fingerprint density at radius 1 is 1.09 bits per heavy atom. The number of rotatable bonds is 6. The fraction of sp³-hybridized carbons (Fsp3) is 0.286. The molecule has 0 radical (unpaired) electrons. The second-order valence-electron chi connectivity index (χ2n) is 4.57. The summed E-state index contributed by atoms with van der Waals surface area (Å²) in [4.78, 5) is 4.38. The number of benzene rings is 1. The van der Waals surface area contributed by atoms with Gasteiger partial charge in [-0.3, -0.25) is 0 Å². The van der Waals surface area contributed by atoms with Gasteiger partial charge in [-0.25, -0.2) is 0 Å². The largest absolute Gasteiger partial charge is 0.415 e. The van der Waals surface area contributed by atoms with Crippen LogP contribution in [0.4, 0.5) is 0 Å². The van der Waals surface area contributed by atoms with Crippen LogP contribution >= 0.6 is 23.5 Å². The SMILES string of the molecule is CSCc1nnc(SCc2noc(-c3ccc(C)cc3)n2)o1. The molecule has 3 aromatic rings. The summed E-state index contributed by atoms with van der Waals surface area (Å²) in [7, 11) is 0. The fourth-order valence-corrected chi connectivity index (χ4v) is 2.72. The second kappa shape index (κ2) is 6.97. The fourth-order valence-electron chi connectivity index (χ4n) is 1.73. The third kappa shape index (κ3) is 3.69. The van der Waals surface area contributed by atoms with Gasteiger partial charge in [0.15, 0.2) is 5.82 Å². The van der Waals surface area contributed by atoms with Gasteiger partial charge in [-0.1, -0.05) is 34.6 Å². The number of hydrogen-bond acceptors (Lipinski definition) is 8. The predicted octanol–water partition coefficient (Wildman–Crippen LogP) is 3.58. The van der Waals surface area contributed by atoms with Gasteiger partial charge in [0.2, 0.25) is 5.89 Å². The summed E-state index contributed by atoms with van der Waals surface area (Å²) in [5, 5.41) is 12.4. The Balaban J connectivity index is 1.62. The van der Waals surface area contributed by atoms with E-state index in [-0.39, 0.29) is 0 Å². The molecule has 2 aromatic heterocycles. The molecular formula is C14H14N4O2S2. The van der Waals surface area contributed by atoms with Gasteiger partial charge in [0.25, 0.3) is 11.1 Å². The van der Waals surface area contributed by atoms with Crippen molar-refractivity contribution in [2.75, 3.05) is 6.26 Å². The normalized spacial score (nSPS) is 11.0. The first kappa shape index (κ1) is 15.1. The van der Waals surface area contributed by atoms with E-state index >= 15 is 0 Å². The van der Waals surface area contributed by atoms with E-state index in [1.807, 2.05) is 37.4 Å². The number of aryl methyl sites for hydroxylation is 1. The van der Waals surface area contributed by atoms with E-state index in [4.69, 9.17) is 8.94 Å². The summed E-state index contributed by atoms with van der Waals surface area (Å²) in [5.74, 6) is 2.99. The minimum Gasteiger partial charge on any atom is -0.415 e.